The van der Waals surface area contributed by atoms with E-state index in [4.69, 9.17) is 0 Å². The Balaban J connectivity index is 2.08. The van der Waals surface area contributed by atoms with Crippen molar-refractivity contribution in [3.8, 4) is 0 Å². The maximum Gasteiger partial charge on any atom is 0.433 e. The van der Waals surface area contributed by atoms with E-state index in [1.807, 2.05) is 0 Å². The Labute approximate surface area is 110 Å². The fraction of sp³-hybridized carbons (Fsp3) is 0.167. The minimum Gasteiger partial charge on any atom is -0.270 e. The first kappa shape index (κ1) is 12.5. The van der Waals surface area contributed by atoms with Gasteiger partial charge in [-0.15, -0.1) is 0 Å². The van der Waals surface area contributed by atoms with E-state index in [1.165, 1.54) is 0 Å². The number of pyridine rings is 1. The van der Waals surface area contributed by atoms with Crippen molar-refractivity contribution >= 4 is 11.5 Å². The fourth-order valence-corrected chi connectivity index (χ4v) is 1.88. The Kier molecular flexibility index (Phi) is 2.66. The fourth-order valence-electron chi connectivity index (χ4n) is 1.88. The Hall–Kier alpha value is -2.51. The number of alkyl halides is 3. The van der Waals surface area contributed by atoms with Crippen molar-refractivity contribution in [2.24, 2.45) is 4.99 Å². The number of nitrogens with zero attached hydrogens (tertiary/aromatic N) is 4. The van der Waals surface area contributed by atoms with Crippen LogP contribution in [0.2, 0.25) is 0 Å². The lowest BCUT2D eigenvalue weighted by molar-refractivity contribution is -0.141. The largest absolute Gasteiger partial charge is 0.433 e. The highest BCUT2D eigenvalue weighted by molar-refractivity contribution is 6.01. The van der Waals surface area contributed by atoms with Crippen LogP contribution in [-0.2, 0) is 12.7 Å². The number of rotatable bonds is 1. The molecule has 0 N–H and O–H groups in total. The SMILES string of the molecule is O=c1nc(C(F)(F)F)cc2n1CC(c1ccccn1)=N2. The number of hydrogen-bond donors (Lipinski definition) is 0. The van der Waals surface area contributed by atoms with E-state index in [-0.39, 0.29) is 12.4 Å². The van der Waals surface area contributed by atoms with Gasteiger partial charge in [0.15, 0.2) is 5.69 Å². The van der Waals surface area contributed by atoms with Crippen molar-refractivity contribution in [2.75, 3.05) is 0 Å². The van der Waals surface area contributed by atoms with Crippen molar-refractivity contribution in [1.29, 1.82) is 0 Å². The third-order valence-electron chi connectivity index (χ3n) is 2.80. The Bertz CT molecular complexity index is 750. The second-order valence-corrected chi connectivity index (χ2v) is 4.14. The highest BCUT2D eigenvalue weighted by Gasteiger charge is 2.35. The summed E-state index contributed by atoms with van der Waals surface area (Å²) in [4.78, 5) is 22.7. The van der Waals surface area contributed by atoms with Crippen molar-refractivity contribution in [3.05, 3.63) is 52.3 Å². The molecular weight excluding hydrogens is 273 g/mol. The lowest BCUT2D eigenvalue weighted by atomic mass is 10.2. The minimum absolute atomic E-state index is 0.0574. The van der Waals surface area contributed by atoms with Crippen molar-refractivity contribution in [2.45, 2.75) is 12.7 Å². The van der Waals surface area contributed by atoms with Crippen LogP contribution in [0.15, 0.2) is 40.2 Å². The predicted octanol–water partition coefficient (Wildman–Crippen LogP) is 1.79. The van der Waals surface area contributed by atoms with Gasteiger partial charge in [-0.05, 0) is 12.1 Å². The Morgan fingerprint density at radius 2 is 2.05 bits per heavy atom. The minimum atomic E-state index is -4.67. The summed E-state index contributed by atoms with van der Waals surface area (Å²) in [5.41, 5.74) is -1.25. The lowest BCUT2D eigenvalue weighted by Crippen LogP contribution is -2.26. The normalized spacial score (nSPS) is 14.1. The molecule has 0 atom stereocenters. The maximum absolute atomic E-state index is 12.6. The van der Waals surface area contributed by atoms with Gasteiger partial charge in [-0.1, -0.05) is 6.07 Å². The number of fused-ring (bicyclic) bond motifs is 1. The van der Waals surface area contributed by atoms with Crippen molar-refractivity contribution in [1.82, 2.24) is 14.5 Å². The van der Waals surface area contributed by atoms with Crippen LogP contribution >= 0.6 is 0 Å². The van der Waals surface area contributed by atoms with Gasteiger partial charge in [0, 0.05) is 12.3 Å². The smallest absolute Gasteiger partial charge is 0.270 e. The van der Waals surface area contributed by atoms with Gasteiger partial charge < -0.3 is 0 Å². The van der Waals surface area contributed by atoms with E-state index < -0.39 is 17.6 Å². The molecule has 0 fully saturated rings. The molecule has 8 heteroatoms. The van der Waals surface area contributed by atoms with Crippen LogP contribution in [0.5, 0.6) is 0 Å². The summed E-state index contributed by atoms with van der Waals surface area (Å²) in [5.74, 6) is -0.0574. The van der Waals surface area contributed by atoms with Crippen LogP contribution in [0.4, 0.5) is 19.0 Å². The summed E-state index contributed by atoms with van der Waals surface area (Å²) in [7, 11) is 0. The average molecular weight is 280 g/mol. The predicted molar refractivity (Wildman–Crippen MR) is 63.9 cm³/mol. The van der Waals surface area contributed by atoms with Gasteiger partial charge >= 0.3 is 11.9 Å². The standard InChI is InChI=1S/C12H7F3N4O/c13-12(14,15)9-5-10-17-8(6-19(10)11(20)18-9)7-3-1-2-4-16-7/h1-5H,6H2. The number of aliphatic imine (C=N–C) groups is 1. The number of hydrogen-bond acceptors (Lipinski definition) is 4. The van der Waals surface area contributed by atoms with Crippen LogP contribution in [0, 0.1) is 0 Å². The van der Waals surface area contributed by atoms with E-state index >= 15 is 0 Å². The molecule has 1 aliphatic heterocycles. The molecule has 0 unspecified atom stereocenters. The molecule has 3 heterocycles. The van der Waals surface area contributed by atoms with Gasteiger partial charge in [0.05, 0.1) is 18.0 Å². The van der Waals surface area contributed by atoms with Gasteiger partial charge in [-0.2, -0.15) is 18.2 Å². The summed E-state index contributed by atoms with van der Waals surface area (Å²) >= 11 is 0. The molecule has 0 spiro atoms. The molecule has 0 amide bonds. The molecule has 3 rings (SSSR count). The zero-order valence-corrected chi connectivity index (χ0v) is 9.92. The first-order chi connectivity index (χ1) is 9.45. The first-order valence-corrected chi connectivity index (χ1v) is 5.63. The summed E-state index contributed by atoms with van der Waals surface area (Å²) in [6, 6.07) is 5.88. The van der Waals surface area contributed by atoms with Gasteiger partial charge in [0.25, 0.3) is 0 Å². The average Bonchev–Trinajstić information content (AvgIpc) is 2.83. The Morgan fingerprint density at radius 1 is 1.25 bits per heavy atom. The van der Waals surface area contributed by atoms with E-state index in [9.17, 15) is 18.0 Å². The third kappa shape index (κ3) is 2.09. The van der Waals surface area contributed by atoms with Gasteiger partial charge in [0.1, 0.15) is 5.82 Å². The quantitative estimate of drug-likeness (QED) is 0.800. The molecule has 1 aliphatic rings. The van der Waals surface area contributed by atoms with Crippen LogP contribution in [0.1, 0.15) is 11.4 Å². The topological polar surface area (TPSA) is 60.1 Å². The zero-order valence-electron chi connectivity index (χ0n) is 9.92. The van der Waals surface area contributed by atoms with Crippen LogP contribution in [-0.4, -0.2) is 20.2 Å². The molecule has 0 bridgehead atoms. The maximum atomic E-state index is 12.6. The molecule has 102 valence electrons. The van der Waals surface area contributed by atoms with E-state index in [0.717, 1.165) is 10.6 Å². The Morgan fingerprint density at radius 3 is 2.70 bits per heavy atom. The summed E-state index contributed by atoms with van der Waals surface area (Å²) in [6.45, 7) is 0.0658. The molecule has 0 aromatic carbocycles. The molecule has 0 saturated carbocycles. The number of aromatic nitrogens is 3. The molecule has 20 heavy (non-hydrogen) atoms. The second kappa shape index (κ2) is 4.26. The van der Waals surface area contributed by atoms with Gasteiger partial charge in [-0.25, -0.2) is 9.79 Å². The summed E-state index contributed by atoms with van der Waals surface area (Å²) in [6.07, 6.45) is -3.12. The van der Waals surface area contributed by atoms with E-state index in [0.29, 0.717) is 11.4 Å². The highest BCUT2D eigenvalue weighted by atomic mass is 19.4. The van der Waals surface area contributed by atoms with Crippen LogP contribution in [0.3, 0.4) is 0 Å². The van der Waals surface area contributed by atoms with Gasteiger partial charge in [0.2, 0.25) is 0 Å². The summed E-state index contributed by atoms with van der Waals surface area (Å²) < 4.78 is 38.8. The third-order valence-corrected chi connectivity index (χ3v) is 2.80. The highest BCUT2D eigenvalue weighted by Crippen LogP contribution is 2.30. The molecule has 0 radical (unpaired) electrons. The van der Waals surface area contributed by atoms with Crippen LogP contribution < -0.4 is 5.69 Å². The molecule has 2 aromatic rings. The lowest BCUT2D eigenvalue weighted by Gasteiger charge is -2.06. The van der Waals surface area contributed by atoms with E-state index in [1.54, 1.807) is 24.4 Å². The van der Waals surface area contributed by atoms with E-state index in [2.05, 4.69) is 15.0 Å². The molecule has 5 nitrogen and oxygen atoms in total. The molecule has 0 aliphatic carbocycles. The zero-order chi connectivity index (χ0) is 14.3. The summed E-state index contributed by atoms with van der Waals surface area (Å²) in [5, 5.41) is 0. The number of halogens is 3. The van der Waals surface area contributed by atoms with Crippen LogP contribution in [0.25, 0.3) is 0 Å². The molecule has 0 saturated heterocycles. The van der Waals surface area contributed by atoms with Crippen molar-refractivity contribution in [3.63, 3.8) is 0 Å². The monoisotopic (exact) mass is 280 g/mol. The first-order valence-electron chi connectivity index (χ1n) is 5.63. The van der Waals surface area contributed by atoms with Crippen molar-refractivity contribution < 1.29 is 13.2 Å². The molecule has 2 aromatic heterocycles. The van der Waals surface area contributed by atoms with Gasteiger partial charge in [-0.3, -0.25) is 9.55 Å². The molecular formula is C12H7F3N4O. The second-order valence-electron chi connectivity index (χ2n) is 4.14.